The van der Waals surface area contributed by atoms with E-state index in [-0.39, 0.29) is 18.0 Å². The largest absolute Gasteiger partial charge is 0.494 e. The second-order valence-electron chi connectivity index (χ2n) is 6.08. The van der Waals surface area contributed by atoms with Crippen LogP contribution in [-0.4, -0.2) is 68.3 Å². The second kappa shape index (κ2) is 8.39. The maximum absolute atomic E-state index is 13.0. The highest BCUT2D eigenvalue weighted by molar-refractivity contribution is 6.37. The number of amides is 1. The number of hydrogen-bond donors (Lipinski definition) is 0. The molecule has 0 N–H and O–H groups in total. The van der Waals surface area contributed by atoms with Crippen LogP contribution in [0.15, 0.2) is 12.1 Å². The summed E-state index contributed by atoms with van der Waals surface area (Å²) in [5, 5.41) is 0.730. The summed E-state index contributed by atoms with van der Waals surface area (Å²) >= 11 is 12.4. The van der Waals surface area contributed by atoms with Gasteiger partial charge in [-0.1, -0.05) is 23.2 Å². The van der Waals surface area contributed by atoms with Crippen LogP contribution in [0.2, 0.25) is 10.0 Å². The molecule has 2 unspecified atom stereocenters. The van der Waals surface area contributed by atoms with Gasteiger partial charge in [0.2, 0.25) is 0 Å². The van der Waals surface area contributed by atoms with E-state index in [1.54, 1.807) is 19.2 Å². The molecule has 1 amide bonds. The Morgan fingerprint density at radius 3 is 2.29 bits per heavy atom. The number of nitrogens with zero attached hydrogens (tertiary/aromatic N) is 2. The fourth-order valence-corrected chi connectivity index (χ4v) is 3.71. The first-order chi connectivity index (χ1) is 11.4. The number of hydrogen-bond acceptors (Lipinski definition) is 4. The number of halogens is 2. The minimum Gasteiger partial charge on any atom is -0.494 e. The molecule has 2 rings (SSSR count). The van der Waals surface area contributed by atoms with Gasteiger partial charge in [-0.2, -0.15) is 0 Å². The highest BCUT2D eigenvalue weighted by Crippen LogP contribution is 2.35. The predicted octanol–water partition coefficient (Wildman–Crippen LogP) is 3.18. The summed E-state index contributed by atoms with van der Waals surface area (Å²) in [6.07, 6.45) is 0. The fourth-order valence-electron chi connectivity index (χ4n) is 3.25. The number of ether oxygens (including phenoxy) is 2. The van der Waals surface area contributed by atoms with Gasteiger partial charge in [0.25, 0.3) is 5.91 Å². The lowest BCUT2D eigenvalue weighted by atomic mass is 10.1. The molecule has 1 fully saturated rings. The lowest BCUT2D eigenvalue weighted by molar-refractivity contribution is 0.0192. The van der Waals surface area contributed by atoms with E-state index in [2.05, 4.69) is 18.7 Å². The zero-order valence-corrected chi connectivity index (χ0v) is 16.0. The molecule has 1 aliphatic heterocycles. The van der Waals surface area contributed by atoms with E-state index in [0.29, 0.717) is 41.1 Å². The molecular weight excluding hydrogens is 351 g/mol. The Hall–Kier alpha value is -1.01. The van der Waals surface area contributed by atoms with E-state index >= 15 is 0 Å². The van der Waals surface area contributed by atoms with E-state index in [0.717, 1.165) is 6.54 Å². The molecule has 0 aliphatic carbocycles. The van der Waals surface area contributed by atoms with E-state index in [4.69, 9.17) is 32.7 Å². The smallest absolute Gasteiger partial charge is 0.259 e. The minimum absolute atomic E-state index is 0.149. The Balaban J connectivity index is 2.22. The normalized spacial score (nSPS) is 21.8. The van der Waals surface area contributed by atoms with Crippen LogP contribution in [-0.2, 0) is 4.74 Å². The highest BCUT2D eigenvalue weighted by Gasteiger charge is 2.34. The van der Waals surface area contributed by atoms with Gasteiger partial charge in [0.05, 0.1) is 23.8 Å². The number of methoxy groups -OCH3 is 2. The maximum atomic E-state index is 13.0. The molecule has 0 aromatic heterocycles. The summed E-state index contributed by atoms with van der Waals surface area (Å²) in [5.74, 6) is 0.181. The van der Waals surface area contributed by atoms with Crippen molar-refractivity contribution in [1.29, 1.82) is 0 Å². The van der Waals surface area contributed by atoms with Gasteiger partial charge in [-0.15, -0.1) is 0 Å². The molecule has 5 nitrogen and oxygen atoms in total. The SMILES string of the molecule is COCCN1C(C)CN(C(=O)c2c(Cl)ccc(Cl)c2OC)CC1C. The third-order valence-electron chi connectivity index (χ3n) is 4.42. The summed E-state index contributed by atoms with van der Waals surface area (Å²) < 4.78 is 10.5. The molecule has 0 bridgehead atoms. The lowest BCUT2D eigenvalue weighted by Crippen LogP contribution is -2.58. The van der Waals surface area contributed by atoms with Gasteiger partial charge in [-0.3, -0.25) is 9.69 Å². The van der Waals surface area contributed by atoms with Gasteiger partial charge in [0, 0.05) is 38.8 Å². The van der Waals surface area contributed by atoms with Gasteiger partial charge >= 0.3 is 0 Å². The molecule has 1 saturated heterocycles. The van der Waals surface area contributed by atoms with Gasteiger partial charge in [-0.05, 0) is 26.0 Å². The maximum Gasteiger partial charge on any atom is 0.259 e. The van der Waals surface area contributed by atoms with Gasteiger partial charge in [-0.25, -0.2) is 0 Å². The van der Waals surface area contributed by atoms with Crippen LogP contribution < -0.4 is 4.74 Å². The molecule has 0 radical (unpaired) electrons. The predicted molar refractivity (Wildman–Crippen MR) is 96.4 cm³/mol. The van der Waals surface area contributed by atoms with Crippen LogP contribution in [0.3, 0.4) is 0 Å². The van der Waals surface area contributed by atoms with Gasteiger partial charge in [0.15, 0.2) is 5.75 Å². The van der Waals surface area contributed by atoms with E-state index < -0.39 is 0 Å². The van der Waals surface area contributed by atoms with Crippen LogP contribution in [0.1, 0.15) is 24.2 Å². The van der Waals surface area contributed by atoms with Crippen LogP contribution in [0, 0.1) is 0 Å². The van der Waals surface area contributed by atoms with Crippen LogP contribution >= 0.6 is 23.2 Å². The molecule has 1 aromatic carbocycles. The van der Waals surface area contributed by atoms with E-state index in [9.17, 15) is 4.79 Å². The summed E-state index contributed by atoms with van der Waals surface area (Å²) in [7, 11) is 3.19. The third-order valence-corrected chi connectivity index (χ3v) is 5.03. The molecule has 1 aromatic rings. The summed E-state index contributed by atoms with van der Waals surface area (Å²) in [6.45, 7) is 7.00. The Morgan fingerprint density at radius 2 is 1.75 bits per heavy atom. The average Bonchev–Trinajstić information content (AvgIpc) is 2.55. The number of benzene rings is 1. The summed E-state index contributed by atoms with van der Waals surface area (Å²) in [6, 6.07) is 3.73. The van der Waals surface area contributed by atoms with Crippen molar-refractivity contribution in [2.24, 2.45) is 0 Å². The average molecular weight is 375 g/mol. The van der Waals surface area contributed by atoms with Crippen molar-refractivity contribution in [1.82, 2.24) is 9.80 Å². The molecular formula is C17H24Cl2N2O3. The third kappa shape index (κ3) is 3.97. The minimum atomic E-state index is -0.149. The monoisotopic (exact) mass is 374 g/mol. The Labute approximate surface area is 153 Å². The van der Waals surface area contributed by atoms with E-state index in [1.165, 1.54) is 7.11 Å². The van der Waals surface area contributed by atoms with Crippen LogP contribution in [0.5, 0.6) is 5.75 Å². The Bertz CT molecular complexity index is 585. The quantitative estimate of drug-likeness (QED) is 0.793. The van der Waals surface area contributed by atoms with Crippen molar-refractivity contribution in [3.63, 3.8) is 0 Å². The number of piperazine rings is 1. The Morgan fingerprint density at radius 1 is 1.17 bits per heavy atom. The fraction of sp³-hybridized carbons (Fsp3) is 0.588. The zero-order chi connectivity index (χ0) is 17.9. The molecule has 2 atom stereocenters. The van der Waals surface area contributed by atoms with E-state index in [1.807, 2.05) is 4.90 Å². The number of rotatable bonds is 5. The van der Waals surface area contributed by atoms with Crippen molar-refractivity contribution < 1.29 is 14.3 Å². The molecule has 134 valence electrons. The first-order valence-electron chi connectivity index (χ1n) is 7.96. The summed E-state index contributed by atoms with van der Waals surface area (Å²) in [4.78, 5) is 17.2. The Kier molecular flexibility index (Phi) is 6.75. The topological polar surface area (TPSA) is 42.0 Å². The zero-order valence-electron chi connectivity index (χ0n) is 14.5. The first kappa shape index (κ1) is 19.3. The summed E-state index contributed by atoms with van der Waals surface area (Å²) in [5.41, 5.74) is 0.330. The molecule has 7 heteroatoms. The van der Waals surface area contributed by atoms with Gasteiger partial charge < -0.3 is 14.4 Å². The second-order valence-corrected chi connectivity index (χ2v) is 6.89. The molecule has 0 spiro atoms. The number of carbonyl (C=O) groups is 1. The molecule has 1 aliphatic rings. The van der Waals surface area contributed by atoms with Crippen LogP contribution in [0.25, 0.3) is 0 Å². The number of carbonyl (C=O) groups excluding carboxylic acids is 1. The van der Waals surface area contributed by atoms with Crippen molar-refractivity contribution in [2.45, 2.75) is 25.9 Å². The standard InChI is InChI=1S/C17H24Cl2N2O3/c1-11-9-20(10-12(2)21(11)7-8-23-3)17(22)15-13(18)5-6-14(19)16(15)24-4/h5-6,11-12H,7-10H2,1-4H3. The molecule has 24 heavy (non-hydrogen) atoms. The van der Waals surface area contributed by atoms with Gasteiger partial charge in [0.1, 0.15) is 5.56 Å². The first-order valence-corrected chi connectivity index (χ1v) is 8.72. The van der Waals surface area contributed by atoms with Crippen molar-refractivity contribution in [2.75, 3.05) is 40.5 Å². The molecule has 1 heterocycles. The van der Waals surface area contributed by atoms with Crippen molar-refractivity contribution >= 4 is 29.1 Å². The highest BCUT2D eigenvalue weighted by atomic mass is 35.5. The molecule has 0 saturated carbocycles. The van der Waals surface area contributed by atoms with Crippen molar-refractivity contribution in [3.05, 3.63) is 27.7 Å². The van der Waals surface area contributed by atoms with Crippen molar-refractivity contribution in [3.8, 4) is 5.75 Å². The lowest BCUT2D eigenvalue weighted by Gasteiger charge is -2.44. The van der Waals surface area contributed by atoms with Crippen LogP contribution in [0.4, 0.5) is 0 Å².